The van der Waals surface area contributed by atoms with Crippen LogP contribution in [0.1, 0.15) is 15.9 Å². The van der Waals surface area contributed by atoms with Crippen molar-refractivity contribution < 1.29 is 13.6 Å². The molecule has 1 amide bonds. The number of carbonyl (C=O) groups is 1. The smallest absolute Gasteiger partial charge is 0.256 e. The summed E-state index contributed by atoms with van der Waals surface area (Å²) in [5, 5.41) is 2.38. The first-order valence-electron chi connectivity index (χ1n) is 5.61. The maximum Gasteiger partial charge on any atom is 0.256 e. The molecular weight excluding hydrogens is 443 g/mol. The number of halogens is 4. The van der Waals surface area contributed by atoms with Gasteiger partial charge in [-0.2, -0.15) is 0 Å². The molecule has 2 rings (SSSR count). The van der Waals surface area contributed by atoms with Crippen molar-refractivity contribution in [2.75, 3.05) is 5.32 Å². The van der Waals surface area contributed by atoms with E-state index in [1.807, 2.05) is 35.6 Å². The van der Waals surface area contributed by atoms with Crippen molar-refractivity contribution in [1.82, 2.24) is 0 Å². The van der Waals surface area contributed by atoms with Crippen LogP contribution in [-0.4, -0.2) is 5.91 Å². The summed E-state index contributed by atoms with van der Waals surface area (Å²) in [7, 11) is 0. The van der Waals surface area contributed by atoms with Gasteiger partial charge in [0.05, 0.1) is 15.7 Å². The van der Waals surface area contributed by atoms with Gasteiger partial charge in [0, 0.05) is 9.64 Å². The van der Waals surface area contributed by atoms with Gasteiger partial charge in [0.25, 0.3) is 5.91 Å². The van der Waals surface area contributed by atoms with Crippen molar-refractivity contribution in [2.24, 2.45) is 0 Å². The van der Waals surface area contributed by atoms with E-state index in [-0.39, 0.29) is 10.2 Å². The molecule has 0 saturated heterocycles. The average Bonchev–Trinajstić information content (AvgIpc) is 2.39. The number of carbonyl (C=O) groups excluding carboxylic acids is 1. The summed E-state index contributed by atoms with van der Waals surface area (Å²) in [6.07, 6.45) is 0. The first kappa shape index (κ1) is 15.4. The highest BCUT2D eigenvalue weighted by atomic mass is 127. The van der Waals surface area contributed by atoms with Gasteiger partial charge >= 0.3 is 0 Å². The predicted molar refractivity (Wildman–Crippen MR) is 85.9 cm³/mol. The topological polar surface area (TPSA) is 29.1 Å². The lowest BCUT2D eigenvalue weighted by atomic mass is 10.1. The van der Waals surface area contributed by atoms with Crippen molar-refractivity contribution in [1.29, 1.82) is 0 Å². The lowest BCUT2D eigenvalue weighted by Gasteiger charge is -2.10. The number of nitrogens with one attached hydrogen (secondary N) is 1. The Kier molecular flexibility index (Phi) is 4.74. The molecule has 2 aromatic rings. The Morgan fingerprint density at radius 3 is 2.65 bits per heavy atom. The number of benzene rings is 2. The molecule has 6 heteroatoms. The summed E-state index contributed by atoms with van der Waals surface area (Å²) in [5.41, 5.74) is 1.18. The van der Waals surface area contributed by atoms with Crippen LogP contribution in [0, 0.1) is 22.1 Å². The second-order valence-electron chi connectivity index (χ2n) is 4.14. The molecule has 0 fully saturated rings. The molecule has 0 aliphatic rings. The molecule has 2 aromatic carbocycles. The molecule has 0 saturated carbocycles. The summed E-state index contributed by atoms with van der Waals surface area (Å²) in [4.78, 5) is 12.1. The molecule has 0 aliphatic carbocycles. The lowest BCUT2D eigenvalue weighted by Crippen LogP contribution is -2.15. The SMILES string of the molecule is Cc1cccc(C(=O)Nc2cc(F)c(Br)cc2F)c1I. The Hall–Kier alpha value is -1.02. The minimum absolute atomic E-state index is 0.0122. The van der Waals surface area contributed by atoms with E-state index in [4.69, 9.17) is 0 Å². The maximum atomic E-state index is 13.7. The minimum atomic E-state index is -0.700. The average molecular weight is 452 g/mol. The Morgan fingerprint density at radius 2 is 1.95 bits per heavy atom. The molecule has 0 atom stereocenters. The Labute approximate surface area is 136 Å². The second kappa shape index (κ2) is 6.17. The van der Waals surface area contributed by atoms with E-state index >= 15 is 0 Å². The van der Waals surface area contributed by atoms with Crippen LogP contribution in [0.3, 0.4) is 0 Å². The van der Waals surface area contributed by atoms with Gasteiger partial charge in [-0.1, -0.05) is 12.1 Å². The van der Waals surface area contributed by atoms with Crippen LogP contribution in [0.5, 0.6) is 0 Å². The predicted octanol–water partition coefficient (Wildman–Crippen LogP) is 4.89. The van der Waals surface area contributed by atoms with Crippen LogP contribution in [0.4, 0.5) is 14.5 Å². The number of rotatable bonds is 2. The van der Waals surface area contributed by atoms with Crippen molar-refractivity contribution in [3.63, 3.8) is 0 Å². The van der Waals surface area contributed by atoms with Crippen molar-refractivity contribution in [2.45, 2.75) is 6.92 Å². The van der Waals surface area contributed by atoms with Crippen LogP contribution in [0.25, 0.3) is 0 Å². The maximum absolute atomic E-state index is 13.7. The third-order valence-electron chi connectivity index (χ3n) is 2.69. The molecule has 0 unspecified atom stereocenters. The first-order chi connectivity index (χ1) is 9.40. The standard InChI is InChI=1S/C14H9BrF2INO/c1-7-3-2-4-8(13(7)18)14(20)19-12-6-10(16)9(15)5-11(12)17/h2-6H,1H3,(H,19,20). The molecule has 1 N–H and O–H groups in total. The number of hydrogen-bond acceptors (Lipinski definition) is 1. The lowest BCUT2D eigenvalue weighted by molar-refractivity contribution is 0.102. The summed E-state index contributed by atoms with van der Waals surface area (Å²) in [5.74, 6) is -1.81. The Morgan fingerprint density at radius 1 is 1.25 bits per heavy atom. The van der Waals surface area contributed by atoms with E-state index in [0.29, 0.717) is 5.56 Å². The number of amides is 1. The highest BCUT2D eigenvalue weighted by Crippen LogP contribution is 2.24. The first-order valence-corrected chi connectivity index (χ1v) is 7.48. The van der Waals surface area contributed by atoms with Gasteiger partial charge in [-0.3, -0.25) is 4.79 Å². The number of anilines is 1. The molecule has 104 valence electrons. The zero-order valence-corrected chi connectivity index (χ0v) is 14.1. The minimum Gasteiger partial charge on any atom is -0.319 e. The van der Waals surface area contributed by atoms with Gasteiger partial charge in [0.2, 0.25) is 0 Å². The van der Waals surface area contributed by atoms with Gasteiger partial charge in [-0.15, -0.1) is 0 Å². The third-order valence-corrected chi connectivity index (χ3v) is 4.73. The summed E-state index contributed by atoms with van der Waals surface area (Å²) in [6.45, 7) is 1.87. The van der Waals surface area contributed by atoms with E-state index in [1.54, 1.807) is 12.1 Å². The molecule has 0 aromatic heterocycles. The molecule has 0 bridgehead atoms. The molecule has 0 heterocycles. The van der Waals surface area contributed by atoms with Crippen molar-refractivity contribution in [3.05, 3.63) is 61.1 Å². The van der Waals surface area contributed by atoms with E-state index < -0.39 is 17.5 Å². The Balaban J connectivity index is 2.33. The van der Waals surface area contributed by atoms with Gasteiger partial charge in [-0.25, -0.2) is 8.78 Å². The van der Waals surface area contributed by atoms with Crippen LogP contribution in [-0.2, 0) is 0 Å². The fourth-order valence-electron chi connectivity index (χ4n) is 1.63. The molecule has 0 spiro atoms. The van der Waals surface area contributed by atoms with Crippen LogP contribution in [0.15, 0.2) is 34.8 Å². The van der Waals surface area contributed by atoms with Crippen molar-refractivity contribution in [3.8, 4) is 0 Å². The van der Waals surface area contributed by atoms with E-state index in [1.165, 1.54) is 0 Å². The zero-order valence-electron chi connectivity index (χ0n) is 10.3. The number of hydrogen-bond donors (Lipinski definition) is 1. The fraction of sp³-hybridized carbons (Fsp3) is 0.0714. The molecule has 2 nitrogen and oxygen atoms in total. The molecule has 0 radical (unpaired) electrons. The van der Waals surface area contributed by atoms with Gasteiger partial charge in [0.1, 0.15) is 11.6 Å². The van der Waals surface area contributed by atoms with Gasteiger partial charge in [-0.05, 0) is 63.1 Å². The second-order valence-corrected chi connectivity index (χ2v) is 6.07. The molecular formula is C14H9BrF2INO. The third kappa shape index (κ3) is 3.17. The Bertz CT molecular complexity index is 691. The van der Waals surface area contributed by atoms with E-state index in [2.05, 4.69) is 21.2 Å². The van der Waals surface area contributed by atoms with Gasteiger partial charge < -0.3 is 5.32 Å². The van der Waals surface area contributed by atoms with E-state index in [9.17, 15) is 13.6 Å². The van der Waals surface area contributed by atoms with E-state index in [0.717, 1.165) is 21.3 Å². The normalized spacial score (nSPS) is 10.4. The van der Waals surface area contributed by atoms with Gasteiger partial charge in [0.15, 0.2) is 0 Å². The highest BCUT2D eigenvalue weighted by Gasteiger charge is 2.15. The largest absolute Gasteiger partial charge is 0.319 e. The highest BCUT2D eigenvalue weighted by molar-refractivity contribution is 14.1. The summed E-state index contributed by atoms with van der Waals surface area (Å²) < 4.78 is 27.9. The molecule has 0 aliphatic heterocycles. The summed E-state index contributed by atoms with van der Waals surface area (Å²) >= 11 is 4.93. The fourth-order valence-corrected chi connectivity index (χ4v) is 2.55. The quantitative estimate of drug-likeness (QED) is 0.511. The molecule has 20 heavy (non-hydrogen) atoms. The summed E-state index contributed by atoms with van der Waals surface area (Å²) in [6, 6.07) is 7.17. The van der Waals surface area contributed by atoms with Crippen LogP contribution >= 0.6 is 38.5 Å². The van der Waals surface area contributed by atoms with Crippen LogP contribution in [0.2, 0.25) is 0 Å². The van der Waals surface area contributed by atoms with Crippen LogP contribution < -0.4 is 5.32 Å². The monoisotopic (exact) mass is 451 g/mol. The zero-order chi connectivity index (χ0) is 14.9. The van der Waals surface area contributed by atoms with Crippen molar-refractivity contribution >= 4 is 50.1 Å². The number of aryl methyl sites for hydroxylation is 1.